The Morgan fingerprint density at radius 2 is 1.89 bits per heavy atom. The quantitative estimate of drug-likeness (QED) is 0.807. The van der Waals surface area contributed by atoms with E-state index in [1.165, 1.54) is 11.6 Å². The Morgan fingerprint density at radius 1 is 1.11 bits per heavy atom. The summed E-state index contributed by atoms with van der Waals surface area (Å²) >= 11 is 0. The zero-order valence-corrected chi connectivity index (χ0v) is 10.5. The van der Waals surface area contributed by atoms with Gasteiger partial charge in [0, 0.05) is 5.69 Å². The van der Waals surface area contributed by atoms with Gasteiger partial charge in [-0.3, -0.25) is 0 Å². The van der Waals surface area contributed by atoms with Crippen LogP contribution in [0.25, 0.3) is 0 Å². The summed E-state index contributed by atoms with van der Waals surface area (Å²) in [4.78, 5) is 2.10. The highest BCUT2D eigenvalue weighted by molar-refractivity contribution is 5.63. The van der Waals surface area contributed by atoms with Crippen LogP contribution in [0, 0.1) is 0 Å². The lowest BCUT2D eigenvalue weighted by Gasteiger charge is -2.24. The molecular weight excluding hydrogens is 238 g/mol. The SMILES string of the molecule is C=CN1c2ccccc2CC1c1ccc(O)c(O)c1. The summed E-state index contributed by atoms with van der Waals surface area (Å²) < 4.78 is 0. The van der Waals surface area contributed by atoms with Gasteiger partial charge in [0.2, 0.25) is 0 Å². The molecule has 2 aromatic rings. The first-order valence-corrected chi connectivity index (χ1v) is 6.21. The van der Waals surface area contributed by atoms with Crippen molar-refractivity contribution < 1.29 is 10.2 Å². The van der Waals surface area contributed by atoms with E-state index in [0.29, 0.717) is 0 Å². The predicted molar refractivity (Wildman–Crippen MR) is 75.3 cm³/mol. The molecule has 0 bridgehead atoms. The van der Waals surface area contributed by atoms with Gasteiger partial charge in [0.1, 0.15) is 0 Å². The van der Waals surface area contributed by atoms with E-state index >= 15 is 0 Å². The lowest BCUT2D eigenvalue weighted by atomic mass is 10.0. The summed E-state index contributed by atoms with van der Waals surface area (Å²) in [7, 11) is 0. The summed E-state index contributed by atoms with van der Waals surface area (Å²) in [6.45, 7) is 3.87. The summed E-state index contributed by atoms with van der Waals surface area (Å²) in [5, 5.41) is 19.0. The van der Waals surface area contributed by atoms with Crippen LogP contribution in [0.4, 0.5) is 5.69 Å². The number of aromatic hydroxyl groups is 2. The maximum Gasteiger partial charge on any atom is 0.157 e. The molecule has 2 aromatic carbocycles. The van der Waals surface area contributed by atoms with E-state index in [2.05, 4.69) is 23.6 Å². The zero-order valence-electron chi connectivity index (χ0n) is 10.5. The standard InChI is InChI=1S/C16H15NO2/c1-2-17-13-6-4-3-5-11(13)9-14(17)12-7-8-15(18)16(19)10-12/h2-8,10,14,18-19H,1,9H2. The first-order chi connectivity index (χ1) is 9.20. The molecule has 1 aliphatic heterocycles. The molecule has 0 spiro atoms. The molecule has 0 aromatic heterocycles. The lowest BCUT2D eigenvalue weighted by Crippen LogP contribution is -2.18. The van der Waals surface area contributed by atoms with Crippen molar-refractivity contribution in [1.29, 1.82) is 0 Å². The molecular formula is C16H15NO2. The third-order valence-corrected chi connectivity index (χ3v) is 3.60. The first kappa shape index (κ1) is 11.7. The third kappa shape index (κ3) is 1.83. The molecule has 1 heterocycles. The van der Waals surface area contributed by atoms with Crippen molar-refractivity contribution in [2.75, 3.05) is 4.90 Å². The summed E-state index contributed by atoms with van der Waals surface area (Å²) in [6.07, 6.45) is 2.67. The largest absolute Gasteiger partial charge is 0.504 e. The summed E-state index contributed by atoms with van der Waals surface area (Å²) in [6, 6.07) is 13.3. The third-order valence-electron chi connectivity index (χ3n) is 3.60. The van der Waals surface area contributed by atoms with Crippen molar-refractivity contribution >= 4 is 5.69 Å². The van der Waals surface area contributed by atoms with Gasteiger partial charge < -0.3 is 15.1 Å². The van der Waals surface area contributed by atoms with Gasteiger partial charge >= 0.3 is 0 Å². The number of phenols is 2. The van der Waals surface area contributed by atoms with Crippen molar-refractivity contribution in [3.05, 3.63) is 66.4 Å². The van der Waals surface area contributed by atoms with Gasteiger partial charge in [-0.05, 0) is 41.9 Å². The average molecular weight is 253 g/mol. The highest BCUT2D eigenvalue weighted by Crippen LogP contribution is 2.41. The second-order valence-electron chi connectivity index (χ2n) is 4.69. The minimum absolute atomic E-state index is 0.0857. The van der Waals surface area contributed by atoms with Gasteiger partial charge in [-0.25, -0.2) is 0 Å². The Balaban J connectivity index is 2.03. The van der Waals surface area contributed by atoms with E-state index < -0.39 is 0 Å². The van der Waals surface area contributed by atoms with Gasteiger partial charge in [-0.2, -0.15) is 0 Å². The highest BCUT2D eigenvalue weighted by atomic mass is 16.3. The Kier molecular flexibility index (Phi) is 2.67. The second kappa shape index (κ2) is 4.35. The van der Waals surface area contributed by atoms with Crippen molar-refractivity contribution in [2.24, 2.45) is 0 Å². The molecule has 0 amide bonds. The average Bonchev–Trinajstić information content (AvgIpc) is 2.80. The maximum absolute atomic E-state index is 9.64. The fraction of sp³-hybridized carbons (Fsp3) is 0.125. The molecule has 1 unspecified atom stereocenters. The molecule has 0 saturated carbocycles. The zero-order chi connectivity index (χ0) is 13.4. The molecule has 0 saturated heterocycles. The molecule has 2 N–H and O–H groups in total. The summed E-state index contributed by atoms with van der Waals surface area (Å²) in [5.74, 6) is -0.179. The normalized spacial score (nSPS) is 17.3. The van der Waals surface area contributed by atoms with Crippen LogP contribution in [0.3, 0.4) is 0 Å². The Bertz CT molecular complexity index is 636. The van der Waals surface area contributed by atoms with Crippen LogP contribution in [0.2, 0.25) is 0 Å². The van der Waals surface area contributed by atoms with Crippen molar-refractivity contribution in [3.8, 4) is 11.5 Å². The van der Waals surface area contributed by atoms with E-state index in [9.17, 15) is 10.2 Å². The minimum atomic E-state index is -0.0931. The summed E-state index contributed by atoms with van der Waals surface area (Å²) in [5.41, 5.74) is 3.38. The van der Waals surface area contributed by atoms with E-state index in [1.54, 1.807) is 12.3 Å². The fourth-order valence-corrected chi connectivity index (χ4v) is 2.66. The second-order valence-corrected chi connectivity index (χ2v) is 4.69. The Morgan fingerprint density at radius 3 is 2.63 bits per heavy atom. The topological polar surface area (TPSA) is 43.7 Å². The van der Waals surface area contributed by atoms with E-state index in [-0.39, 0.29) is 17.5 Å². The van der Waals surface area contributed by atoms with Gasteiger partial charge in [0.05, 0.1) is 6.04 Å². The number of benzene rings is 2. The molecule has 1 aliphatic rings. The smallest absolute Gasteiger partial charge is 0.157 e. The van der Waals surface area contributed by atoms with Crippen LogP contribution in [0.1, 0.15) is 17.2 Å². The molecule has 0 fully saturated rings. The van der Waals surface area contributed by atoms with E-state index in [1.807, 2.05) is 18.2 Å². The van der Waals surface area contributed by atoms with Crippen LogP contribution >= 0.6 is 0 Å². The number of phenolic OH excluding ortho intramolecular Hbond substituents is 2. The molecule has 3 rings (SSSR count). The highest BCUT2D eigenvalue weighted by Gasteiger charge is 2.28. The predicted octanol–water partition coefficient (Wildman–Crippen LogP) is 3.35. The number of hydrogen-bond acceptors (Lipinski definition) is 3. The van der Waals surface area contributed by atoms with Crippen molar-refractivity contribution in [2.45, 2.75) is 12.5 Å². The maximum atomic E-state index is 9.64. The molecule has 96 valence electrons. The Hall–Kier alpha value is -2.42. The monoisotopic (exact) mass is 253 g/mol. The van der Waals surface area contributed by atoms with Gasteiger partial charge in [0.25, 0.3) is 0 Å². The molecule has 3 nitrogen and oxygen atoms in total. The van der Waals surface area contributed by atoms with E-state index in [4.69, 9.17) is 0 Å². The number of para-hydroxylation sites is 1. The molecule has 1 atom stereocenters. The van der Waals surface area contributed by atoms with Crippen molar-refractivity contribution in [1.82, 2.24) is 0 Å². The van der Waals surface area contributed by atoms with Gasteiger partial charge in [-0.1, -0.05) is 30.8 Å². The van der Waals surface area contributed by atoms with Crippen LogP contribution in [-0.2, 0) is 6.42 Å². The fourth-order valence-electron chi connectivity index (χ4n) is 2.66. The van der Waals surface area contributed by atoms with Crippen molar-refractivity contribution in [3.63, 3.8) is 0 Å². The first-order valence-electron chi connectivity index (χ1n) is 6.21. The molecule has 3 heteroatoms. The van der Waals surface area contributed by atoms with E-state index in [0.717, 1.165) is 17.7 Å². The number of rotatable bonds is 2. The van der Waals surface area contributed by atoms with Crippen LogP contribution < -0.4 is 4.90 Å². The molecule has 0 radical (unpaired) electrons. The van der Waals surface area contributed by atoms with Crippen LogP contribution in [0.5, 0.6) is 11.5 Å². The minimum Gasteiger partial charge on any atom is -0.504 e. The van der Waals surface area contributed by atoms with Gasteiger partial charge in [0.15, 0.2) is 11.5 Å². The van der Waals surface area contributed by atoms with Gasteiger partial charge in [-0.15, -0.1) is 0 Å². The number of hydrogen-bond donors (Lipinski definition) is 2. The lowest BCUT2D eigenvalue weighted by molar-refractivity contribution is 0.402. The number of fused-ring (bicyclic) bond motifs is 1. The van der Waals surface area contributed by atoms with Crippen LogP contribution in [0.15, 0.2) is 55.2 Å². The Labute approximate surface area is 112 Å². The number of anilines is 1. The number of nitrogens with zero attached hydrogens (tertiary/aromatic N) is 1. The van der Waals surface area contributed by atoms with Crippen LogP contribution in [-0.4, -0.2) is 10.2 Å². The molecule has 0 aliphatic carbocycles. The molecule has 19 heavy (non-hydrogen) atoms.